The first-order valence-corrected chi connectivity index (χ1v) is 4.60. The van der Waals surface area contributed by atoms with Gasteiger partial charge in [0.15, 0.2) is 0 Å². The zero-order valence-electron chi connectivity index (χ0n) is 7.33. The number of benzene rings is 1. The molecule has 0 aromatic heterocycles. The molecule has 0 aliphatic rings. The lowest BCUT2D eigenvalue weighted by molar-refractivity contribution is 0.414. The second-order valence-corrected chi connectivity index (χ2v) is 3.45. The quantitative estimate of drug-likeness (QED) is 0.500. The summed E-state index contributed by atoms with van der Waals surface area (Å²) >= 11 is 3.24. The van der Waals surface area contributed by atoms with Crippen LogP contribution in [-0.2, 0) is 6.42 Å². The summed E-state index contributed by atoms with van der Waals surface area (Å²) in [5, 5.41) is 3.53. The summed E-state index contributed by atoms with van der Waals surface area (Å²) < 4.78 is 5.77. The van der Waals surface area contributed by atoms with E-state index in [1.807, 2.05) is 24.3 Å². The summed E-state index contributed by atoms with van der Waals surface area (Å²) in [6.45, 7) is 0. The van der Waals surface area contributed by atoms with Gasteiger partial charge in [-0.3, -0.25) is 0 Å². The Morgan fingerprint density at radius 2 is 2.08 bits per heavy atom. The van der Waals surface area contributed by atoms with E-state index in [9.17, 15) is 0 Å². The lowest BCUT2D eigenvalue weighted by atomic mass is 10.2. The summed E-state index contributed by atoms with van der Waals surface area (Å²) in [5.41, 5.74) is 1.14. The minimum Gasteiger partial charge on any atom is -0.497 e. The second kappa shape index (κ2) is 4.87. The van der Waals surface area contributed by atoms with Gasteiger partial charge in [-0.05, 0) is 33.6 Å². The molecule has 0 bridgehead atoms. The van der Waals surface area contributed by atoms with Crippen LogP contribution in [0.4, 0.5) is 0 Å². The molecule has 4 heteroatoms. The number of hydrazone groups is 1. The second-order valence-electron chi connectivity index (χ2n) is 2.53. The Labute approximate surface area is 85.7 Å². The topological polar surface area (TPSA) is 47.6 Å². The van der Waals surface area contributed by atoms with E-state index in [0.717, 1.165) is 15.9 Å². The van der Waals surface area contributed by atoms with E-state index in [2.05, 4.69) is 21.0 Å². The van der Waals surface area contributed by atoms with Crippen molar-refractivity contribution in [3.8, 4) is 5.75 Å². The molecule has 1 aromatic rings. The van der Waals surface area contributed by atoms with E-state index < -0.39 is 0 Å². The molecular weight excluding hydrogens is 232 g/mol. The summed E-state index contributed by atoms with van der Waals surface area (Å²) in [6, 6.07) is 7.77. The van der Waals surface area contributed by atoms with E-state index in [1.54, 1.807) is 7.11 Å². The Bertz CT molecular complexity index is 295. The van der Waals surface area contributed by atoms with Crippen molar-refractivity contribution in [2.45, 2.75) is 6.42 Å². The molecule has 3 nitrogen and oxygen atoms in total. The van der Waals surface area contributed by atoms with Crippen LogP contribution in [0, 0.1) is 0 Å². The summed E-state index contributed by atoms with van der Waals surface area (Å²) in [7, 11) is 1.65. The molecule has 70 valence electrons. The van der Waals surface area contributed by atoms with E-state index in [0.29, 0.717) is 6.42 Å². The Morgan fingerprint density at radius 3 is 2.54 bits per heavy atom. The fourth-order valence-corrected chi connectivity index (χ4v) is 1.28. The minimum absolute atomic E-state index is 0.709. The molecule has 0 atom stereocenters. The van der Waals surface area contributed by atoms with Crippen LogP contribution >= 0.6 is 15.9 Å². The molecule has 0 heterocycles. The van der Waals surface area contributed by atoms with Gasteiger partial charge in [0.05, 0.1) is 7.11 Å². The van der Waals surface area contributed by atoms with Crippen molar-refractivity contribution in [1.29, 1.82) is 0 Å². The Morgan fingerprint density at radius 1 is 1.46 bits per heavy atom. The van der Waals surface area contributed by atoms with Crippen molar-refractivity contribution < 1.29 is 4.74 Å². The molecule has 0 saturated heterocycles. The maximum absolute atomic E-state index is 5.09. The fraction of sp³-hybridized carbons (Fsp3) is 0.222. The van der Waals surface area contributed by atoms with Crippen molar-refractivity contribution >= 4 is 20.6 Å². The molecule has 0 aliphatic carbocycles. The maximum Gasteiger partial charge on any atom is 0.118 e. The van der Waals surface area contributed by atoms with Crippen molar-refractivity contribution in [1.82, 2.24) is 0 Å². The normalized spacial score (nSPS) is 11.4. The van der Waals surface area contributed by atoms with E-state index in [4.69, 9.17) is 10.6 Å². The molecule has 0 spiro atoms. The van der Waals surface area contributed by atoms with Crippen LogP contribution < -0.4 is 10.6 Å². The lowest BCUT2D eigenvalue weighted by Gasteiger charge is -2.01. The molecule has 13 heavy (non-hydrogen) atoms. The van der Waals surface area contributed by atoms with Crippen LogP contribution in [0.2, 0.25) is 0 Å². The van der Waals surface area contributed by atoms with Crippen molar-refractivity contribution in [2.75, 3.05) is 7.11 Å². The number of hydrogen-bond acceptors (Lipinski definition) is 3. The van der Waals surface area contributed by atoms with Crippen LogP contribution in [0.5, 0.6) is 5.75 Å². The molecule has 0 unspecified atom stereocenters. The molecule has 2 N–H and O–H groups in total. The van der Waals surface area contributed by atoms with E-state index >= 15 is 0 Å². The molecule has 1 aromatic carbocycles. The Hall–Kier alpha value is -1.03. The van der Waals surface area contributed by atoms with Crippen LogP contribution in [0.25, 0.3) is 0 Å². The molecule has 0 amide bonds. The SMILES string of the molecule is COc1ccc(CC(Br)=NN)cc1. The van der Waals surface area contributed by atoms with Gasteiger partial charge >= 0.3 is 0 Å². The number of hydrogen-bond donors (Lipinski definition) is 1. The molecule has 0 fully saturated rings. The van der Waals surface area contributed by atoms with Gasteiger partial charge in [0.25, 0.3) is 0 Å². The number of ether oxygens (including phenoxy) is 1. The predicted octanol–water partition coefficient (Wildman–Crippen LogP) is 1.90. The maximum atomic E-state index is 5.09. The average Bonchev–Trinajstić information content (AvgIpc) is 2.19. The Balaban J connectivity index is 2.69. The number of rotatable bonds is 3. The van der Waals surface area contributed by atoms with Crippen LogP contribution in [-0.4, -0.2) is 11.7 Å². The van der Waals surface area contributed by atoms with Gasteiger partial charge in [0.2, 0.25) is 0 Å². The summed E-state index contributed by atoms with van der Waals surface area (Å²) in [5.74, 6) is 5.94. The third-order valence-electron chi connectivity index (χ3n) is 1.65. The van der Waals surface area contributed by atoms with Crippen molar-refractivity contribution in [2.24, 2.45) is 10.9 Å². The van der Waals surface area contributed by atoms with Gasteiger partial charge in [0, 0.05) is 6.42 Å². The number of nitrogens with two attached hydrogens (primary N) is 1. The highest BCUT2D eigenvalue weighted by atomic mass is 79.9. The van der Waals surface area contributed by atoms with Gasteiger partial charge in [-0.1, -0.05) is 12.1 Å². The first-order valence-electron chi connectivity index (χ1n) is 3.81. The van der Waals surface area contributed by atoms with E-state index in [-0.39, 0.29) is 0 Å². The highest BCUT2D eigenvalue weighted by Crippen LogP contribution is 2.12. The average molecular weight is 243 g/mol. The molecule has 1 rings (SSSR count). The van der Waals surface area contributed by atoms with E-state index in [1.165, 1.54) is 0 Å². The Kier molecular flexibility index (Phi) is 3.76. The first-order chi connectivity index (χ1) is 6.26. The molecule has 0 aliphatic heterocycles. The van der Waals surface area contributed by atoms with Crippen molar-refractivity contribution in [3.05, 3.63) is 29.8 Å². The van der Waals surface area contributed by atoms with Gasteiger partial charge < -0.3 is 10.6 Å². The minimum atomic E-state index is 0.709. The predicted molar refractivity (Wildman–Crippen MR) is 57.2 cm³/mol. The van der Waals surface area contributed by atoms with Gasteiger partial charge in [-0.25, -0.2) is 0 Å². The first kappa shape index (κ1) is 10.1. The lowest BCUT2D eigenvalue weighted by Crippen LogP contribution is -1.97. The summed E-state index contributed by atoms with van der Waals surface area (Å²) in [6.07, 6.45) is 0.709. The summed E-state index contributed by atoms with van der Waals surface area (Å²) in [4.78, 5) is 0. The van der Waals surface area contributed by atoms with Crippen molar-refractivity contribution in [3.63, 3.8) is 0 Å². The van der Waals surface area contributed by atoms with Crippen LogP contribution in [0.15, 0.2) is 29.4 Å². The number of nitrogens with zero attached hydrogens (tertiary/aromatic N) is 1. The zero-order valence-corrected chi connectivity index (χ0v) is 8.91. The van der Waals surface area contributed by atoms with Gasteiger partial charge in [-0.2, -0.15) is 5.10 Å². The molecular formula is C9H11BrN2O. The smallest absolute Gasteiger partial charge is 0.118 e. The third-order valence-corrected chi connectivity index (χ3v) is 2.13. The highest BCUT2D eigenvalue weighted by molar-refractivity contribution is 9.18. The number of halogens is 1. The third kappa shape index (κ3) is 3.06. The van der Waals surface area contributed by atoms with Gasteiger partial charge in [-0.15, -0.1) is 0 Å². The number of methoxy groups -OCH3 is 1. The standard InChI is InChI=1S/C9H11BrN2O/c1-13-8-4-2-7(3-5-8)6-9(10)12-11/h2-5H,6,11H2,1H3. The molecule has 0 radical (unpaired) electrons. The largest absolute Gasteiger partial charge is 0.497 e. The monoisotopic (exact) mass is 242 g/mol. The van der Waals surface area contributed by atoms with Gasteiger partial charge in [0.1, 0.15) is 10.4 Å². The van der Waals surface area contributed by atoms with Crippen LogP contribution in [0.3, 0.4) is 0 Å². The molecule has 0 saturated carbocycles. The highest BCUT2D eigenvalue weighted by Gasteiger charge is 1.97. The fourth-order valence-electron chi connectivity index (χ4n) is 0.957. The zero-order chi connectivity index (χ0) is 9.68. The van der Waals surface area contributed by atoms with Crippen LogP contribution in [0.1, 0.15) is 5.56 Å².